The highest BCUT2D eigenvalue weighted by atomic mass is 32.2. The van der Waals surface area contributed by atoms with Crippen LogP contribution in [0.2, 0.25) is 0 Å². The number of benzene rings is 1. The van der Waals surface area contributed by atoms with Gasteiger partial charge in [0.1, 0.15) is 0 Å². The van der Waals surface area contributed by atoms with Gasteiger partial charge in [-0.3, -0.25) is 0 Å². The second-order valence-corrected chi connectivity index (χ2v) is 10.7. The van der Waals surface area contributed by atoms with Crippen LogP contribution in [0.25, 0.3) is 0 Å². The van der Waals surface area contributed by atoms with Crippen LogP contribution < -0.4 is 0 Å². The fourth-order valence-electron chi connectivity index (χ4n) is 6.96. The molecule has 1 aromatic carbocycles. The molecule has 0 heterocycles. The number of rotatable bonds is 2. The van der Waals surface area contributed by atoms with E-state index in [9.17, 15) is 8.42 Å². The highest BCUT2D eigenvalue weighted by molar-refractivity contribution is 7.95. The van der Waals surface area contributed by atoms with Gasteiger partial charge in [-0.05, 0) is 66.1 Å². The minimum Gasteiger partial charge on any atom is -0.219 e. The standard InChI is InChI=1S/C22H30O2S/c1-13-14(2)19-11-12-20-21(15(3)17(5)22(19,20)16(13)4)25(23,24)18-9-7-6-8-10-18/h6-10,13-17,19H,11-12H2,1-5H3. The molecule has 3 aliphatic rings. The summed E-state index contributed by atoms with van der Waals surface area (Å²) in [4.78, 5) is 1.23. The van der Waals surface area contributed by atoms with Gasteiger partial charge >= 0.3 is 0 Å². The molecule has 2 fully saturated rings. The van der Waals surface area contributed by atoms with Gasteiger partial charge in [0.25, 0.3) is 0 Å². The quantitative estimate of drug-likeness (QED) is 0.717. The molecule has 0 aromatic heterocycles. The van der Waals surface area contributed by atoms with Crippen LogP contribution in [0.4, 0.5) is 0 Å². The first-order chi connectivity index (χ1) is 11.8. The zero-order valence-electron chi connectivity index (χ0n) is 16.0. The monoisotopic (exact) mass is 358 g/mol. The molecule has 2 saturated carbocycles. The van der Waals surface area contributed by atoms with Crippen molar-refractivity contribution in [2.45, 2.75) is 52.4 Å². The molecule has 4 rings (SSSR count). The van der Waals surface area contributed by atoms with Gasteiger partial charge in [0, 0.05) is 5.41 Å². The summed E-state index contributed by atoms with van der Waals surface area (Å²) in [6.45, 7) is 11.6. The number of hydrogen-bond acceptors (Lipinski definition) is 2. The summed E-state index contributed by atoms with van der Waals surface area (Å²) in [5.74, 6) is 3.07. The SMILES string of the molecule is CC1C(S(=O)(=O)c2ccccc2)=C2CCC3C(C)C(C)C(C)C23C1C. The van der Waals surface area contributed by atoms with Gasteiger partial charge in [-0.1, -0.05) is 52.8 Å². The van der Waals surface area contributed by atoms with Crippen molar-refractivity contribution < 1.29 is 8.42 Å². The van der Waals surface area contributed by atoms with E-state index in [1.807, 2.05) is 18.2 Å². The summed E-state index contributed by atoms with van der Waals surface area (Å²) >= 11 is 0. The lowest BCUT2D eigenvalue weighted by Crippen LogP contribution is -2.35. The van der Waals surface area contributed by atoms with E-state index in [2.05, 4.69) is 34.6 Å². The summed E-state index contributed by atoms with van der Waals surface area (Å²) < 4.78 is 27.1. The molecule has 25 heavy (non-hydrogen) atoms. The zero-order valence-corrected chi connectivity index (χ0v) is 16.8. The maximum absolute atomic E-state index is 13.5. The second kappa shape index (κ2) is 5.45. The average molecular weight is 359 g/mol. The van der Waals surface area contributed by atoms with E-state index in [0.717, 1.165) is 17.7 Å². The van der Waals surface area contributed by atoms with Gasteiger partial charge in [-0.15, -0.1) is 0 Å². The Morgan fingerprint density at radius 2 is 1.56 bits per heavy atom. The van der Waals surface area contributed by atoms with Crippen LogP contribution in [-0.4, -0.2) is 8.42 Å². The normalized spacial score (nSPS) is 43.4. The van der Waals surface area contributed by atoms with Gasteiger partial charge in [-0.25, -0.2) is 8.42 Å². The summed E-state index contributed by atoms with van der Waals surface area (Å²) in [6, 6.07) is 9.04. The van der Waals surface area contributed by atoms with E-state index in [1.54, 1.807) is 12.1 Å². The largest absolute Gasteiger partial charge is 0.219 e. The van der Waals surface area contributed by atoms with Crippen molar-refractivity contribution in [3.05, 3.63) is 40.8 Å². The molecule has 1 spiro atoms. The third kappa shape index (κ3) is 1.94. The molecule has 7 unspecified atom stereocenters. The Morgan fingerprint density at radius 3 is 2.20 bits per heavy atom. The number of hydrogen-bond donors (Lipinski definition) is 0. The molecular formula is C22H30O2S. The molecule has 0 N–H and O–H groups in total. The first kappa shape index (κ1) is 17.3. The van der Waals surface area contributed by atoms with Crippen molar-refractivity contribution in [2.24, 2.45) is 40.9 Å². The van der Waals surface area contributed by atoms with E-state index in [1.165, 1.54) is 5.57 Å². The van der Waals surface area contributed by atoms with Gasteiger partial charge in [0.15, 0.2) is 0 Å². The minimum atomic E-state index is -3.40. The van der Waals surface area contributed by atoms with Crippen LogP contribution in [0.15, 0.2) is 45.7 Å². The van der Waals surface area contributed by atoms with Gasteiger partial charge in [-0.2, -0.15) is 0 Å². The molecule has 136 valence electrons. The Balaban J connectivity index is 1.95. The molecular weight excluding hydrogens is 328 g/mol. The fraction of sp³-hybridized carbons (Fsp3) is 0.636. The van der Waals surface area contributed by atoms with E-state index in [4.69, 9.17) is 0 Å². The topological polar surface area (TPSA) is 34.1 Å². The van der Waals surface area contributed by atoms with Crippen molar-refractivity contribution in [1.29, 1.82) is 0 Å². The summed E-state index contributed by atoms with van der Waals surface area (Å²) in [7, 11) is -3.40. The van der Waals surface area contributed by atoms with Crippen LogP contribution in [0.5, 0.6) is 0 Å². The second-order valence-electron chi connectivity index (χ2n) is 8.82. The van der Waals surface area contributed by atoms with Crippen LogP contribution in [0.1, 0.15) is 47.5 Å². The predicted molar refractivity (Wildman–Crippen MR) is 102 cm³/mol. The molecule has 3 heteroatoms. The Bertz CT molecular complexity index is 823. The first-order valence-corrected chi connectivity index (χ1v) is 11.3. The highest BCUT2D eigenvalue weighted by Gasteiger charge is 2.67. The Hall–Kier alpha value is -1.09. The summed E-state index contributed by atoms with van der Waals surface area (Å²) in [5.41, 5.74) is 1.40. The number of sulfone groups is 1. The molecule has 2 nitrogen and oxygen atoms in total. The van der Waals surface area contributed by atoms with Crippen LogP contribution in [-0.2, 0) is 9.84 Å². The average Bonchev–Trinajstić information content (AvgIpc) is 3.15. The third-order valence-corrected chi connectivity index (χ3v) is 10.5. The van der Waals surface area contributed by atoms with Gasteiger partial charge in [0.2, 0.25) is 9.84 Å². The van der Waals surface area contributed by atoms with Crippen LogP contribution in [0, 0.1) is 40.9 Å². The predicted octanol–water partition coefficient (Wildman–Crippen LogP) is 5.32. The maximum Gasteiger partial charge on any atom is 0.203 e. The Labute approximate surface area is 152 Å². The van der Waals surface area contributed by atoms with E-state index >= 15 is 0 Å². The van der Waals surface area contributed by atoms with Crippen molar-refractivity contribution >= 4 is 9.84 Å². The van der Waals surface area contributed by atoms with Crippen molar-refractivity contribution in [3.63, 3.8) is 0 Å². The molecule has 7 atom stereocenters. The lowest BCUT2D eigenvalue weighted by Gasteiger charge is -2.39. The summed E-state index contributed by atoms with van der Waals surface area (Å²) in [6.07, 6.45) is 2.14. The maximum atomic E-state index is 13.5. The van der Waals surface area contributed by atoms with E-state index in [0.29, 0.717) is 34.5 Å². The van der Waals surface area contributed by atoms with Crippen molar-refractivity contribution in [3.8, 4) is 0 Å². The van der Waals surface area contributed by atoms with Gasteiger partial charge < -0.3 is 0 Å². The Kier molecular flexibility index (Phi) is 3.78. The Morgan fingerprint density at radius 1 is 0.920 bits per heavy atom. The third-order valence-electron chi connectivity index (χ3n) is 8.41. The van der Waals surface area contributed by atoms with Crippen molar-refractivity contribution in [1.82, 2.24) is 0 Å². The van der Waals surface area contributed by atoms with E-state index in [-0.39, 0.29) is 11.3 Å². The fourth-order valence-corrected chi connectivity index (χ4v) is 9.03. The smallest absolute Gasteiger partial charge is 0.203 e. The molecule has 1 aromatic rings. The first-order valence-electron chi connectivity index (χ1n) is 9.79. The van der Waals surface area contributed by atoms with E-state index < -0.39 is 9.84 Å². The zero-order chi connectivity index (χ0) is 18.1. The lowest BCUT2D eigenvalue weighted by molar-refractivity contribution is 0.115. The van der Waals surface area contributed by atoms with Gasteiger partial charge in [0.05, 0.1) is 9.80 Å². The molecule has 0 radical (unpaired) electrons. The minimum absolute atomic E-state index is 0.107. The summed E-state index contributed by atoms with van der Waals surface area (Å²) in [5, 5.41) is 0. The van der Waals surface area contributed by atoms with Crippen LogP contribution in [0.3, 0.4) is 0 Å². The van der Waals surface area contributed by atoms with Crippen LogP contribution >= 0.6 is 0 Å². The highest BCUT2D eigenvalue weighted by Crippen LogP contribution is 2.73. The van der Waals surface area contributed by atoms with Crippen molar-refractivity contribution in [2.75, 3.05) is 0 Å². The lowest BCUT2D eigenvalue weighted by atomic mass is 9.64. The molecule has 0 aliphatic heterocycles. The number of allylic oxidation sites excluding steroid dienone is 2. The molecule has 0 bridgehead atoms. The molecule has 3 aliphatic carbocycles. The molecule has 0 amide bonds. The molecule has 0 saturated heterocycles.